The molecule has 0 aliphatic carbocycles. The van der Waals surface area contributed by atoms with Gasteiger partial charge in [0.15, 0.2) is 0 Å². The van der Waals surface area contributed by atoms with Crippen molar-refractivity contribution >= 4 is 0 Å². The maximum atomic E-state index is 9.74. The Kier molecular flexibility index (Phi) is 4.80. The van der Waals surface area contributed by atoms with Crippen LogP contribution in [0, 0.1) is 5.41 Å². The lowest BCUT2D eigenvalue weighted by Crippen LogP contribution is -2.37. The predicted octanol–water partition coefficient (Wildman–Crippen LogP) is 1.74. The zero-order valence-electron chi connectivity index (χ0n) is 9.09. The molecule has 0 spiro atoms. The third kappa shape index (κ3) is 4.73. The lowest BCUT2D eigenvalue weighted by molar-refractivity contribution is 0.0351. The van der Waals surface area contributed by atoms with E-state index in [0.29, 0.717) is 0 Å². The maximum absolute atomic E-state index is 9.74. The van der Waals surface area contributed by atoms with Crippen LogP contribution in [0.4, 0.5) is 0 Å². The van der Waals surface area contributed by atoms with Gasteiger partial charge >= 0.3 is 0 Å². The summed E-state index contributed by atoms with van der Waals surface area (Å²) in [6.07, 6.45) is 0.918. The van der Waals surface area contributed by atoms with Crippen LogP contribution < -0.4 is 0 Å². The molecule has 0 saturated carbocycles. The van der Waals surface area contributed by atoms with Crippen molar-refractivity contribution < 1.29 is 5.11 Å². The van der Waals surface area contributed by atoms with E-state index in [1.807, 2.05) is 0 Å². The summed E-state index contributed by atoms with van der Waals surface area (Å²) in [5.41, 5.74) is 0.00199. The van der Waals surface area contributed by atoms with Crippen LogP contribution in [0.5, 0.6) is 0 Å². The van der Waals surface area contributed by atoms with Gasteiger partial charge < -0.3 is 10.0 Å². The van der Waals surface area contributed by atoms with Crippen molar-refractivity contribution in [2.45, 2.75) is 40.2 Å². The number of aliphatic hydroxyl groups is 1. The van der Waals surface area contributed by atoms with Gasteiger partial charge in [-0.3, -0.25) is 0 Å². The molecule has 0 rings (SSSR count). The van der Waals surface area contributed by atoms with Gasteiger partial charge in [0.05, 0.1) is 6.10 Å². The summed E-state index contributed by atoms with van der Waals surface area (Å²) in [7, 11) is 2.05. The van der Waals surface area contributed by atoms with E-state index in [0.717, 1.165) is 19.5 Å². The maximum Gasteiger partial charge on any atom is 0.0715 e. The minimum Gasteiger partial charge on any atom is -0.391 e. The Morgan fingerprint density at radius 1 is 1.33 bits per heavy atom. The zero-order valence-corrected chi connectivity index (χ0v) is 9.09. The molecule has 1 atom stereocenters. The van der Waals surface area contributed by atoms with Crippen molar-refractivity contribution in [3.63, 3.8) is 0 Å². The van der Waals surface area contributed by atoms with Gasteiger partial charge in [-0.25, -0.2) is 0 Å². The van der Waals surface area contributed by atoms with Crippen molar-refractivity contribution in [2.24, 2.45) is 5.41 Å². The fraction of sp³-hybridized carbons (Fsp3) is 1.00. The molecule has 0 aliphatic rings. The highest BCUT2D eigenvalue weighted by atomic mass is 16.3. The number of nitrogens with zero attached hydrogens (tertiary/aromatic N) is 1. The molecule has 0 aromatic rings. The molecule has 1 N–H and O–H groups in total. The molecule has 0 amide bonds. The van der Waals surface area contributed by atoms with Crippen LogP contribution in [-0.4, -0.2) is 36.2 Å². The van der Waals surface area contributed by atoms with E-state index in [4.69, 9.17) is 0 Å². The molecule has 0 heterocycles. The van der Waals surface area contributed by atoms with Crippen molar-refractivity contribution in [3.05, 3.63) is 0 Å². The Hall–Kier alpha value is -0.0800. The van der Waals surface area contributed by atoms with Gasteiger partial charge in [0, 0.05) is 6.54 Å². The van der Waals surface area contributed by atoms with Crippen LogP contribution in [0.1, 0.15) is 34.1 Å². The van der Waals surface area contributed by atoms with Crippen LogP contribution >= 0.6 is 0 Å². The summed E-state index contributed by atoms with van der Waals surface area (Å²) in [5.74, 6) is 0. The fourth-order valence-electron chi connectivity index (χ4n) is 1.04. The third-order valence-electron chi connectivity index (χ3n) is 2.09. The first-order chi connectivity index (χ1) is 5.38. The SMILES string of the molecule is CCCN(C)CC(O)C(C)(C)C. The van der Waals surface area contributed by atoms with Gasteiger partial charge in [-0.15, -0.1) is 0 Å². The first kappa shape index (κ1) is 11.9. The van der Waals surface area contributed by atoms with Crippen molar-refractivity contribution in [1.29, 1.82) is 0 Å². The summed E-state index contributed by atoms with van der Waals surface area (Å²) in [4.78, 5) is 2.18. The van der Waals surface area contributed by atoms with Crippen molar-refractivity contribution in [3.8, 4) is 0 Å². The Morgan fingerprint density at radius 2 is 1.83 bits per heavy atom. The smallest absolute Gasteiger partial charge is 0.0715 e. The standard InChI is InChI=1S/C10H23NO/c1-6-7-11(5)8-9(12)10(2,3)4/h9,12H,6-8H2,1-5H3. The largest absolute Gasteiger partial charge is 0.391 e. The third-order valence-corrected chi connectivity index (χ3v) is 2.09. The Labute approximate surface area is 76.6 Å². The van der Waals surface area contributed by atoms with Gasteiger partial charge in [-0.05, 0) is 25.4 Å². The molecule has 2 nitrogen and oxygen atoms in total. The quantitative estimate of drug-likeness (QED) is 0.700. The van der Waals surface area contributed by atoms with Crippen LogP contribution in [-0.2, 0) is 0 Å². The van der Waals surface area contributed by atoms with E-state index in [9.17, 15) is 5.11 Å². The molecule has 2 heteroatoms. The van der Waals surface area contributed by atoms with Crippen molar-refractivity contribution in [2.75, 3.05) is 20.1 Å². The molecule has 1 unspecified atom stereocenters. The molecule has 12 heavy (non-hydrogen) atoms. The summed E-state index contributed by atoms with van der Waals surface area (Å²) in [5, 5.41) is 9.74. The second kappa shape index (κ2) is 4.83. The van der Waals surface area contributed by atoms with Crippen LogP contribution in [0.25, 0.3) is 0 Å². The molecule has 74 valence electrons. The Balaban J connectivity index is 3.76. The first-order valence-corrected chi connectivity index (χ1v) is 4.74. The van der Waals surface area contributed by atoms with E-state index in [1.165, 1.54) is 0 Å². The summed E-state index contributed by atoms with van der Waals surface area (Å²) >= 11 is 0. The number of likely N-dealkylation sites (N-methyl/N-ethyl adjacent to an activating group) is 1. The molecule has 0 aromatic carbocycles. The van der Waals surface area contributed by atoms with Gasteiger partial charge in [-0.2, -0.15) is 0 Å². The van der Waals surface area contributed by atoms with E-state index >= 15 is 0 Å². The molecule has 0 aliphatic heterocycles. The fourth-order valence-corrected chi connectivity index (χ4v) is 1.04. The van der Waals surface area contributed by atoms with Crippen LogP contribution in [0.2, 0.25) is 0 Å². The molecule has 0 saturated heterocycles. The van der Waals surface area contributed by atoms with E-state index in [2.05, 4.69) is 39.6 Å². The van der Waals surface area contributed by atoms with Crippen LogP contribution in [0.3, 0.4) is 0 Å². The number of aliphatic hydroxyl groups excluding tert-OH is 1. The van der Waals surface area contributed by atoms with Gasteiger partial charge in [0.2, 0.25) is 0 Å². The van der Waals surface area contributed by atoms with Gasteiger partial charge in [0.1, 0.15) is 0 Å². The summed E-state index contributed by atoms with van der Waals surface area (Å²) in [6, 6.07) is 0. The second-order valence-corrected chi connectivity index (χ2v) is 4.64. The lowest BCUT2D eigenvalue weighted by atomic mass is 9.89. The average molecular weight is 173 g/mol. The Bertz CT molecular complexity index is 117. The van der Waals surface area contributed by atoms with E-state index < -0.39 is 0 Å². The highest BCUT2D eigenvalue weighted by Crippen LogP contribution is 2.19. The normalized spacial score (nSPS) is 15.2. The van der Waals surface area contributed by atoms with Gasteiger partial charge in [-0.1, -0.05) is 27.7 Å². The second-order valence-electron chi connectivity index (χ2n) is 4.64. The number of hydrogen-bond acceptors (Lipinski definition) is 2. The molecule has 0 fully saturated rings. The molecule has 0 radical (unpaired) electrons. The monoisotopic (exact) mass is 173 g/mol. The topological polar surface area (TPSA) is 23.5 Å². The summed E-state index contributed by atoms with van der Waals surface area (Å²) < 4.78 is 0. The molecular formula is C10H23NO. The summed E-state index contributed by atoms with van der Waals surface area (Å²) in [6.45, 7) is 10.2. The molecular weight excluding hydrogens is 150 g/mol. The first-order valence-electron chi connectivity index (χ1n) is 4.74. The number of hydrogen-bond donors (Lipinski definition) is 1. The zero-order chi connectivity index (χ0) is 9.78. The Morgan fingerprint density at radius 3 is 2.17 bits per heavy atom. The average Bonchev–Trinajstić information content (AvgIpc) is 1.85. The molecule has 0 bridgehead atoms. The van der Waals surface area contributed by atoms with E-state index in [-0.39, 0.29) is 11.5 Å². The minimum absolute atomic E-state index is 0.00199. The minimum atomic E-state index is -0.228. The highest BCUT2D eigenvalue weighted by molar-refractivity contribution is 4.74. The van der Waals surface area contributed by atoms with Crippen molar-refractivity contribution in [1.82, 2.24) is 4.90 Å². The predicted molar refractivity (Wildman–Crippen MR) is 53.2 cm³/mol. The lowest BCUT2D eigenvalue weighted by Gasteiger charge is -2.29. The van der Waals surface area contributed by atoms with Crippen LogP contribution in [0.15, 0.2) is 0 Å². The molecule has 0 aromatic heterocycles. The number of rotatable bonds is 4. The van der Waals surface area contributed by atoms with E-state index in [1.54, 1.807) is 0 Å². The highest BCUT2D eigenvalue weighted by Gasteiger charge is 2.22. The van der Waals surface area contributed by atoms with Gasteiger partial charge in [0.25, 0.3) is 0 Å².